The van der Waals surface area contributed by atoms with Crippen LogP contribution in [0.1, 0.15) is 24.1 Å². The second-order valence-corrected chi connectivity index (χ2v) is 5.94. The first-order valence-electron chi connectivity index (χ1n) is 7.37. The summed E-state index contributed by atoms with van der Waals surface area (Å²) in [7, 11) is 0. The van der Waals surface area contributed by atoms with Crippen LogP contribution in [0.15, 0.2) is 42.7 Å². The van der Waals surface area contributed by atoms with Crippen LogP contribution < -0.4 is 5.32 Å². The van der Waals surface area contributed by atoms with E-state index in [0.717, 1.165) is 29.1 Å². The Bertz CT molecular complexity index is 772. The number of H-pyrrole nitrogens is 1. The first-order valence-corrected chi connectivity index (χ1v) is 7.37. The Morgan fingerprint density at radius 1 is 1.19 bits per heavy atom. The van der Waals surface area contributed by atoms with Crippen molar-refractivity contribution < 1.29 is 0 Å². The molecule has 4 rings (SSSR count). The van der Waals surface area contributed by atoms with Gasteiger partial charge in [0, 0.05) is 17.7 Å². The zero-order valence-electron chi connectivity index (χ0n) is 12.1. The highest BCUT2D eigenvalue weighted by molar-refractivity contribution is 5.87. The van der Waals surface area contributed by atoms with Gasteiger partial charge < -0.3 is 10.3 Å². The Hall–Kier alpha value is -2.36. The van der Waals surface area contributed by atoms with Gasteiger partial charge in [-0.25, -0.2) is 9.97 Å². The van der Waals surface area contributed by atoms with E-state index in [0.29, 0.717) is 0 Å². The van der Waals surface area contributed by atoms with Gasteiger partial charge in [-0.3, -0.25) is 0 Å². The molecule has 0 amide bonds. The molecule has 2 N–H and O–H groups in total. The van der Waals surface area contributed by atoms with Crippen LogP contribution in [0.5, 0.6) is 0 Å². The summed E-state index contributed by atoms with van der Waals surface area (Å²) in [4.78, 5) is 11.9. The Balaban J connectivity index is 1.59. The Labute approximate surface area is 123 Å². The van der Waals surface area contributed by atoms with Crippen molar-refractivity contribution in [3.05, 3.63) is 54.0 Å². The third-order valence-electron chi connectivity index (χ3n) is 4.39. The Morgan fingerprint density at radius 3 is 2.76 bits per heavy atom. The minimum Gasteiger partial charge on any atom is -0.369 e. The number of aryl methyl sites for hydroxylation is 1. The summed E-state index contributed by atoms with van der Waals surface area (Å²) < 4.78 is 0. The molecule has 3 aromatic rings. The summed E-state index contributed by atoms with van der Waals surface area (Å²) in [5, 5.41) is 4.60. The van der Waals surface area contributed by atoms with E-state index in [1.807, 2.05) is 6.92 Å². The second-order valence-electron chi connectivity index (χ2n) is 5.94. The molecule has 2 heterocycles. The van der Waals surface area contributed by atoms with Gasteiger partial charge in [-0.2, -0.15) is 0 Å². The molecule has 0 radical (unpaired) electrons. The lowest BCUT2D eigenvalue weighted by molar-refractivity contribution is 0.731. The minimum atomic E-state index is 0.282. The van der Waals surface area contributed by atoms with Crippen molar-refractivity contribution in [3.8, 4) is 0 Å². The average molecular weight is 278 g/mol. The van der Waals surface area contributed by atoms with Gasteiger partial charge in [0.25, 0.3) is 0 Å². The van der Waals surface area contributed by atoms with E-state index in [-0.39, 0.29) is 5.41 Å². The zero-order chi connectivity index (χ0) is 14.3. The van der Waals surface area contributed by atoms with E-state index in [2.05, 4.69) is 56.7 Å². The summed E-state index contributed by atoms with van der Waals surface area (Å²) in [6, 6.07) is 12.9. The number of nitrogens with one attached hydrogen (secondary N) is 2. The highest BCUT2D eigenvalue weighted by Gasteiger charge is 2.43. The van der Waals surface area contributed by atoms with Crippen molar-refractivity contribution in [2.75, 3.05) is 11.9 Å². The molecule has 4 heteroatoms. The van der Waals surface area contributed by atoms with E-state index in [9.17, 15) is 0 Å². The van der Waals surface area contributed by atoms with Gasteiger partial charge in [0.2, 0.25) is 0 Å². The van der Waals surface area contributed by atoms with Gasteiger partial charge in [-0.1, -0.05) is 30.3 Å². The molecule has 1 fully saturated rings. The normalized spacial score (nSPS) is 16.0. The topological polar surface area (TPSA) is 53.6 Å². The van der Waals surface area contributed by atoms with Crippen molar-refractivity contribution in [1.29, 1.82) is 0 Å². The number of aromatic amines is 1. The number of benzene rings is 1. The number of nitrogens with zero attached hydrogens (tertiary/aromatic N) is 2. The van der Waals surface area contributed by atoms with Gasteiger partial charge in [0.05, 0.1) is 5.39 Å². The summed E-state index contributed by atoms with van der Waals surface area (Å²) in [6.45, 7) is 2.96. The van der Waals surface area contributed by atoms with E-state index in [1.165, 1.54) is 18.4 Å². The fourth-order valence-electron chi connectivity index (χ4n) is 2.98. The minimum absolute atomic E-state index is 0.282. The maximum atomic E-state index is 4.40. The molecule has 0 bridgehead atoms. The van der Waals surface area contributed by atoms with Crippen molar-refractivity contribution in [3.63, 3.8) is 0 Å². The molecule has 0 aliphatic heterocycles. The molecular formula is C17H18N4. The zero-order valence-corrected chi connectivity index (χ0v) is 12.1. The Morgan fingerprint density at radius 2 is 2.00 bits per heavy atom. The SMILES string of the molecule is Cc1cc2c(NCC3(c4ccccc4)CC3)ncnc2[nH]1. The lowest BCUT2D eigenvalue weighted by atomic mass is 9.96. The summed E-state index contributed by atoms with van der Waals surface area (Å²) in [5.41, 5.74) is 3.71. The van der Waals surface area contributed by atoms with Gasteiger partial charge in [-0.15, -0.1) is 0 Å². The first-order chi connectivity index (χ1) is 10.3. The maximum absolute atomic E-state index is 4.40. The van der Waals surface area contributed by atoms with Crippen molar-refractivity contribution in [2.45, 2.75) is 25.2 Å². The van der Waals surface area contributed by atoms with E-state index < -0.39 is 0 Å². The monoisotopic (exact) mass is 278 g/mol. The van der Waals surface area contributed by atoms with Crippen LogP contribution in [-0.4, -0.2) is 21.5 Å². The molecule has 1 aromatic carbocycles. The third-order valence-corrected chi connectivity index (χ3v) is 4.39. The lowest BCUT2D eigenvalue weighted by Crippen LogP contribution is -2.20. The van der Waals surface area contributed by atoms with Crippen LogP contribution in [-0.2, 0) is 5.41 Å². The molecule has 106 valence electrons. The number of hydrogen-bond acceptors (Lipinski definition) is 3. The molecule has 1 aliphatic rings. The standard InChI is InChI=1S/C17H18N4/c1-12-9-14-15(19-11-20-16(14)21-12)18-10-17(7-8-17)13-5-3-2-4-6-13/h2-6,9,11H,7-8,10H2,1H3,(H2,18,19,20,21). The quantitative estimate of drug-likeness (QED) is 0.769. The van der Waals surface area contributed by atoms with Crippen molar-refractivity contribution in [1.82, 2.24) is 15.0 Å². The molecular weight excluding hydrogens is 260 g/mol. The summed E-state index contributed by atoms with van der Waals surface area (Å²) in [6.07, 6.45) is 4.09. The van der Waals surface area contributed by atoms with Gasteiger partial charge >= 0.3 is 0 Å². The van der Waals surface area contributed by atoms with Crippen LogP contribution in [0, 0.1) is 6.92 Å². The smallest absolute Gasteiger partial charge is 0.143 e. The number of aromatic nitrogens is 3. The van der Waals surface area contributed by atoms with Crippen LogP contribution in [0.25, 0.3) is 11.0 Å². The van der Waals surface area contributed by atoms with Crippen LogP contribution in [0.3, 0.4) is 0 Å². The lowest BCUT2D eigenvalue weighted by Gasteiger charge is -2.17. The number of anilines is 1. The second kappa shape index (κ2) is 4.58. The van der Waals surface area contributed by atoms with Crippen molar-refractivity contribution in [2.24, 2.45) is 0 Å². The van der Waals surface area contributed by atoms with Crippen LogP contribution in [0.4, 0.5) is 5.82 Å². The predicted molar refractivity (Wildman–Crippen MR) is 84.5 cm³/mol. The predicted octanol–water partition coefficient (Wildman–Crippen LogP) is 3.41. The van der Waals surface area contributed by atoms with Crippen LogP contribution in [0.2, 0.25) is 0 Å². The van der Waals surface area contributed by atoms with Gasteiger partial charge in [0.1, 0.15) is 17.8 Å². The third kappa shape index (κ3) is 2.17. The fourth-order valence-corrected chi connectivity index (χ4v) is 2.98. The molecule has 1 aliphatic carbocycles. The maximum Gasteiger partial charge on any atom is 0.143 e. The fraction of sp³-hybridized carbons (Fsp3) is 0.294. The first kappa shape index (κ1) is 12.4. The van der Waals surface area contributed by atoms with Gasteiger partial charge in [0.15, 0.2) is 0 Å². The molecule has 0 spiro atoms. The molecule has 0 unspecified atom stereocenters. The van der Waals surface area contributed by atoms with Crippen LogP contribution >= 0.6 is 0 Å². The summed E-state index contributed by atoms with van der Waals surface area (Å²) in [5.74, 6) is 0.923. The number of hydrogen-bond donors (Lipinski definition) is 2. The molecule has 21 heavy (non-hydrogen) atoms. The number of fused-ring (bicyclic) bond motifs is 1. The largest absolute Gasteiger partial charge is 0.369 e. The highest BCUT2D eigenvalue weighted by Crippen LogP contribution is 2.48. The van der Waals surface area contributed by atoms with E-state index in [4.69, 9.17) is 0 Å². The highest BCUT2D eigenvalue weighted by atomic mass is 15.0. The molecule has 0 atom stereocenters. The molecule has 4 nitrogen and oxygen atoms in total. The number of rotatable bonds is 4. The van der Waals surface area contributed by atoms with Crippen molar-refractivity contribution >= 4 is 16.9 Å². The Kier molecular flexibility index (Phi) is 2.70. The van der Waals surface area contributed by atoms with E-state index in [1.54, 1.807) is 6.33 Å². The molecule has 1 saturated carbocycles. The molecule has 2 aromatic heterocycles. The van der Waals surface area contributed by atoms with Gasteiger partial charge in [-0.05, 0) is 31.4 Å². The molecule has 0 saturated heterocycles. The summed E-state index contributed by atoms with van der Waals surface area (Å²) >= 11 is 0. The van der Waals surface area contributed by atoms with E-state index >= 15 is 0 Å². The average Bonchev–Trinajstić information content (AvgIpc) is 3.20.